The number of hydrogen-bond acceptors (Lipinski definition) is 4. The lowest BCUT2D eigenvalue weighted by Gasteiger charge is -2.25. The molecule has 1 rings (SSSR count). The maximum atomic E-state index is 12.1. The number of anilines is 2. The van der Waals surface area contributed by atoms with Crippen LogP contribution in [-0.4, -0.2) is 44.1 Å². The summed E-state index contributed by atoms with van der Waals surface area (Å²) in [6.45, 7) is 8.26. The summed E-state index contributed by atoms with van der Waals surface area (Å²) in [6, 6.07) is 5.53. The van der Waals surface area contributed by atoms with E-state index in [-0.39, 0.29) is 5.91 Å². The van der Waals surface area contributed by atoms with Crippen LogP contribution in [0, 0.1) is 0 Å². The Balaban J connectivity index is 2.81. The van der Waals surface area contributed by atoms with Crippen molar-refractivity contribution >= 4 is 17.3 Å². The quantitative estimate of drug-likeness (QED) is 0.775. The number of nitrogens with zero attached hydrogens (tertiary/aromatic N) is 2. The number of nitrogen functional groups attached to an aromatic ring is 1. The van der Waals surface area contributed by atoms with Crippen molar-refractivity contribution in [2.24, 2.45) is 0 Å². The Hall–Kier alpha value is -1.91. The van der Waals surface area contributed by atoms with Crippen molar-refractivity contribution < 1.29 is 9.53 Å². The van der Waals surface area contributed by atoms with Crippen molar-refractivity contribution in [3.05, 3.63) is 18.2 Å². The second kappa shape index (κ2) is 7.62. The van der Waals surface area contributed by atoms with Gasteiger partial charge in [0.15, 0.2) is 0 Å². The van der Waals surface area contributed by atoms with Crippen molar-refractivity contribution in [2.75, 3.05) is 43.9 Å². The van der Waals surface area contributed by atoms with E-state index in [2.05, 4.69) is 0 Å². The summed E-state index contributed by atoms with van der Waals surface area (Å²) < 4.78 is 5.47. The smallest absolute Gasteiger partial charge is 0.242 e. The minimum absolute atomic E-state index is 0.109. The molecular weight excluding hydrogens is 254 g/mol. The molecule has 0 radical (unpaired) electrons. The molecule has 0 bridgehead atoms. The van der Waals surface area contributed by atoms with Gasteiger partial charge in [-0.3, -0.25) is 4.79 Å². The molecule has 0 aromatic heterocycles. The van der Waals surface area contributed by atoms with Gasteiger partial charge in [0.05, 0.1) is 13.2 Å². The lowest BCUT2D eigenvalue weighted by molar-refractivity contribution is -0.129. The summed E-state index contributed by atoms with van der Waals surface area (Å²) in [5, 5.41) is 0. The molecule has 2 N–H and O–H groups in total. The number of carbonyl (C=O) groups excluding carboxylic acids is 1. The molecule has 20 heavy (non-hydrogen) atoms. The molecule has 1 amide bonds. The van der Waals surface area contributed by atoms with E-state index in [0.29, 0.717) is 18.8 Å². The van der Waals surface area contributed by atoms with Crippen molar-refractivity contribution in [1.82, 2.24) is 4.90 Å². The standard InChI is InChI=1S/C15H25N3O2/c1-5-18(6-2)15(19)11-17(4)13-8-12(16)9-14(10-13)20-7-3/h8-10H,5-7,11,16H2,1-4H3. The highest BCUT2D eigenvalue weighted by Crippen LogP contribution is 2.25. The number of ether oxygens (including phenoxy) is 1. The summed E-state index contributed by atoms with van der Waals surface area (Å²) in [6.07, 6.45) is 0. The summed E-state index contributed by atoms with van der Waals surface area (Å²) in [5.41, 5.74) is 7.38. The zero-order valence-electron chi connectivity index (χ0n) is 12.8. The second-order valence-electron chi connectivity index (χ2n) is 4.62. The zero-order chi connectivity index (χ0) is 15.1. The van der Waals surface area contributed by atoms with Crippen LogP contribution < -0.4 is 15.4 Å². The Bertz CT molecular complexity index is 445. The van der Waals surface area contributed by atoms with Crippen molar-refractivity contribution in [3.8, 4) is 5.75 Å². The molecule has 0 saturated carbocycles. The Morgan fingerprint density at radius 3 is 2.40 bits per heavy atom. The van der Waals surface area contributed by atoms with Gasteiger partial charge in [0.2, 0.25) is 5.91 Å². The highest BCUT2D eigenvalue weighted by atomic mass is 16.5. The van der Waals surface area contributed by atoms with Crippen LogP contribution in [0.4, 0.5) is 11.4 Å². The van der Waals surface area contributed by atoms with E-state index in [1.165, 1.54) is 0 Å². The molecule has 0 aliphatic heterocycles. The van der Waals surface area contributed by atoms with Crippen LogP contribution in [0.15, 0.2) is 18.2 Å². The lowest BCUT2D eigenvalue weighted by atomic mass is 10.2. The SMILES string of the molecule is CCOc1cc(N)cc(N(C)CC(=O)N(CC)CC)c1. The number of amides is 1. The summed E-state index contributed by atoms with van der Waals surface area (Å²) in [5.74, 6) is 0.836. The number of likely N-dealkylation sites (N-methyl/N-ethyl adjacent to an activating group) is 2. The average Bonchev–Trinajstić information content (AvgIpc) is 2.39. The van der Waals surface area contributed by atoms with Gasteiger partial charge in [0.1, 0.15) is 5.75 Å². The van der Waals surface area contributed by atoms with Gasteiger partial charge in [-0.05, 0) is 26.8 Å². The number of carbonyl (C=O) groups is 1. The molecule has 0 unspecified atom stereocenters. The first-order valence-corrected chi connectivity index (χ1v) is 7.04. The number of benzene rings is 1. The Morgan fingerprint density at radius 1 is 1.20 bits per heavy atom. The first-order chi connectivity index (χ1) is 9.51. The van der Waals surface area contributed by atoms with Crippen LogP contribution in [0.3, 0.4) is 0 Å². The molecule has 1 aromatic carbocycles. The van der Waals surface area contributed by atoms with E-state index in [0.717, 1.165) is 24.5 Å². The number of rotatable bonds is 7. The molecule has 0 heterocycles. The molecule has 0 aliphatic carbocycles. The van der Waals surface area contributed by atoms with E-state index in [1.807, 2.05) is 49.8 Å². The number of hydrogen-bond donors (Lipinski definition) is 1. The van der Waals surface area contributed by atoms with Gasteiger partial charge in [-0.1, -0.05) is 0 Å². The normalized spacial score (nSPS) is 10.2. The fourth-order valence-corrected chi connectivity index (χ4v) is 2.05. The van der Waals surface area contributed by atoms with Gasteiger partial charge in [-0.2, -0.15) is 0 Å². The van der Waals surface area contributed by atoms with Crippen LogP contribution in [0.25, 0.3) is 0 Å². The van der Waals surface area contributed by atoms with Crippen molar-refractivity contribution in [1.29, 1.82) is 0 Å². The van der Waals surface area contributed by atoms with Gasteiger partial charge in [0, 0.05) is 43.6 Å². The molecule has 5 heteroatoms. The zero-order valence-corrected chi connectivity index (χ0v) is 12.8. The van der Waals surface area contributed by atoms with Crippen molar-refractivity contribution in [3.63, 3.8) is 0 Å². The molecule has 0 aliphatic rings. The minimum Gasteiger partial charge on any atom is -0.494 e. The van der Waals surface area contributed by atoms with Crippen LogP contribution >= 0.6 is 0 Å². The summed E-state index contributed by atoms with van der Waals surface area (Å²) in [4.78, 5) is 15.8. The molecule has 112 valence electrons. The Labute approximate surface area is 121 Å². The third-order valence-corrected chi connectivity index (χ3v) is 3.15. The molecule has 0 atom stereocenters. The predicted octanol–water partition coefficient (Wildman–Crippen LogP) is 1.97. The lowest BCUT2D eigenvalue weighted by Crippen LogP contribution is -2.38. The monoisotopic (exact) mass is 279 g/mol. The fourth-order valence-electron chi connectivity index (χ4n) is 2.05. The largest absolute Gasteiger partial charge is 0.494 e. The van der Waals surface area contributed by atoms with Crippen molar-refractivity contribution in [2.45, 2.75) is 20.8 Å². The maximum Gasteiger partial charge on any atom is 0.242 e. The van der Waals surface area contributed by atoms with Crippen LogP contribution in [0.2, 0.25) is 0 Å². The molecule has 1 aromatic rings. The van der Waals surface area contributed by atoms with Crippen LogP contribution in [-0.2, 0) is 4.79 Å². The third-order valence-electron chi connectivity index (χ3n) is 3.15. The third kappa shape index (κ3) is 4.33. The van der Waals surface area contributed by atoms with Gasteiger partial charge in [-0.15, -0.1) is 0 Å². The molecule has 0 spiro atoms. The predicted molar refractivity (Wildman–Crippen MR) is 83.2 cm³/mol. The maximum absolute atomic E-state index is 12.1. The van der Waals surface area contributed by atoms with Gasteiger partial charge >= 0.3 is 0 Å². The Kier molecular flexibility index (Phi) is 6.15. The second-order valence-corrected chi connectivity index (χ2v) is 4.62. The fraction of sp³-hybridized carbons (Fsp3) is 0.533. The molecule has 5 nitrogen and oxygen atoms in total. The topological polar surface area (TPSA) is 58.8 Å². The molecule has 0 saturated heterocycles. The highest BCUT2D eigenvalue weighted by Gasteiger charge is 2.13. The highest BCUT2D eigenvalue weighted by molar-refractivity contribution is 5.81. The summed E-state index contributed by atoms with van der Waals surface area (Å²) in [7, 11) is 1.88. The number of nitrogens with two attached hydrogens (primary N) is 1. The Morgan fingerprint density at radius 2 is 1.85 bits per heavy atom. The van der Waals surface area contributed by atoms with Crippen LogP contribution in [0.1, 0.15) is 20.8 Å². The van der Waals surface area contributed by atoms with Gasteiger partial charge in [-0.25, -0.2) is 0 Å². The van der Waals surface area contributed by atoms with E-state index in [9.17, 15) is 4.79 Å². The van der Waals surface area contributed by atoms with E-state index >= 15 is 0 Å². The minimum atomic E-state index is 0.109. The van der Waals surface area contributed by atoms with E-state index in [4.69, 9.17) is 10.5 Å². The first-order valence-electron chi connectivity index (χ1n) is 7.04. The molecular formula is C15H25N3O2. The first kappa shape index (κ1) is 16.1. The van der Waals surface area contributed by atoms with E-state index in [1.54, 1.807) is 6.07 Å². The summed E-state index contributed by atoms with van der Waals surface area (Å²) >= 11 is 0. The van der Waals surface area contributed by atoms with E-state index < -0.39 is 0 Å². The average molecular weight is 279 g/mol. The van der Waals surface area contributed by atoms with Gasteiger partial charge < -0.3 is 20.3 Å². The molecule has 0 fully saturated rings. The van der Waals surface area contributed by atoms with Crippen LogP contribution in [0.5, 0.6) is 5.75 Å². The van der Waals surface area contributed by atoms with Gasteiger partial charge in [0.25, 0.3) is 0 Å².